The summed E-state index contributed by atoms with van der Waals surface area (Å²) in [5, 5.41) is 11.5. The molecule has 2 N–H and O–H groups in total. The monoisotopic (exact) mass is 521 g/mol. The summed E-state index contributed by atoms with van der Waals surface area (Å²) in [5.74, 6) is -1.25. The molecule has 3 aromatic rings. The second-order valence-electron chi connectivity index (χ2n) is 8.12. The summed E-state index contributed by atoms with van der Waals surface area (Å²) >= 11 is 3.07. The number of nitrogens with one attached hydrogen (secondary N) is 1. The zero-order valence-corrected chi connectivity index (χ0v) is 21.2. The average Bonchev–Trinajstić information content (AvgIpc) is 3.27. The van der Waals surface area contributed by atoms with Gasteiger partial charge in [0.05, 0.1) is 16.9 Å². The number of thioether (sulfide) groups is 1. The molecule has 186 valence electrons. The van der Waals surface area contributed by atoms with Crippen LogP contribution in [0.3, 0.4) is 0 Å². The number of aryl methyl sites for hydroxylation is 2. The first kappa shape index (κ1) is 26.8. The molecule has 1 heterocycles. The number of alkyl halides is 3. The maximum absolute atomic E-state index is 12.9. The number of hydrogen-bond acceptors (Lipinski definition) is 4. The third-order valence-electron chi connectivity index (χ3n) is 5.45. The van der Waals surface area contributed by atoms with Gasteiger partial charge in [-0.05, 0) is 78.9 Å². The van der Waals surface area contributed by atoms with Crippen molar-refractivity contribution in [2.75, 3.05) is 6.54 Å². The molecule has 0 aliphatic rings. The second kappa shape index (κ2) is 11.3. The first-order valence-corrected chi connectivity index (χ1v) is 12.7. The van der Waals surface area contributed by atoms with E-state index in [2.05, 4.69) is 12.2 Å². The first-order chi connectivity index (χ1) is 16.5. The van der Waals surface area contributed by atoms with Crippen LogP contribution in [-0.2, 0) is 11.0 Å². The van der Waals surface area contributed by atoms with Crippen molar-refractivity contribution in [2.45, 2.75) is 49.9 Å². The van der Waals surface area contributed by atoms with Crippen LogP contribution >= 0.6 is 23.1 Å². The van der Waals surface area contributed by atoms with Crippen molar-refractivity contribution < 1.29 is 27.9 Å². The summed E-state index contributed by atoms with van der Waals surface area (Å²) in [6.45, 7) is 6.06. The Hall–Kier alpha value is -2.78. The van der Waals surface area contributed by atoms with Gasteiger partial charge in [0, 0.05) is 21.6 Å². The SMILES string of the molecule is CC[C@@H](Sc1cc(C)c(-c2ccc(C(F)(F)F)cc2)c(C)c1)c1ccc(C(=O)NCCC(=O)O)s1. The van der Waals surface area contributed by atoms with Gasteiger partial charge >= 0.3 is 12.1 Å². The summed E-state index contributed by atoms with van der Waals surface area (Å²) in [4.78, 5) is 25.5. The molecule has 35 heavy (non-hydrogen) atoms. The number of carbonyl (C=O) groups excluding carboxylic acids is 1. The Morgan fingerprint density at radius 2 is 1.69 bits per heavy atom. The van der Waals surface area contributed by atoms with Gasteiger partial charge in [-0.3, -0.25) is 9.59 Å². The van der Waals surface area contributed by atoms with E-state index in [-0.39, 0.29) is 24.1 Å². The highest BCUT2D eigenvalue weighted by atomic mass is 32.2. The van der Waals surface area contributed by atoms with Gasteiger partial charge < -0.3 is 10.4 Å². The zero-order valence-electron chi connectivity index (χ0n) is 19.5. The molecule has 0 bridgehead atoms. The molecule has 0 aliphatic heterocycles. The van der Waals surface area contributed by atoms with E-state index >= 15 is 0 Å². The number of rotatable bonds is 9. The maximum Gasteiger partial charge on any atom is 0.416 e. The molecule has 1 aromatic heterocycles. The number of benzene rings is 2. The van der Waals surface area contributed by atoms with E-state index < -0.39 is 17.7 Å². The highest BCUT2D eigenvalue weighted by molar-refractivity contribution is 7.99. The fraction of sp³-hybridized carbons (Fsp3) is 0.308. The lowest BCUT2D eigenvalue weighted by molar-refractivity contribution is -0.138. The number of aliphatic carboxylic acids is 1. The van der Waals surface area contributed by atoms with Gasteiger partial charge in [-0.2, -0.15) is 13.2 Å². The largest absolute Gasteiger partial charge is 0.481 e. The van der Waals surface area contributed by atoms with Crippen LogP contribution in [0.5, 0.6) is 0 Å². The van der Waals surface area contributed by atoms with E-state index in [1.165, 1.54) is 23.5 Å². The van der Waals surface area contributed by atoms with Gasteiger partial charge in [0.1, 0.15) is 0 Å². The quantitative estimate of drug-likeness (QED) is 0.286. The molecule has 4 nitrogen and oxygen atoms in total. The molecule has 0 spiro atoms. The molecule has 0 fully saturated rings. The Kier molecular flexibility index (Phi) is 8.66. The van der Waals surface area contributed by atoms with Crippen molar-refractivity contribution in [3.8, 4) is 11.1 Å². The fourth-order valence-electron chi connectivity index (χ4n) is 3.80. The normalized spacial score (nSPS) is 12.4. The van der Waals surface area contributed by atoms with E-state index in [0.717, 1.165) is 50.6 Å². The predicted molar refractivity (Wildman–Crippen MR) is 134 cm³/mol. The number of amides is 1. The first-order valence-electron chi connectivity index (χ1n) is 11.0. The van der Waals surface area contributed by atoms with Crippen LogP contribution in [0.1, 0.15) is 56.3 Å². The Morgan fingerprint density at radius 1 is 1.06 bits per heavy atom. The highest BCUT2D eigenvalue weighted by Gasteiger charge is 2.30. The van der Waals surface area contributed by atoms with Crippen LogP contribution in [0.25, 0.3) is 11.1 Å². The standard InChI is InChI=1S/C26H26F3NO3S2/c1-4-20(21-9-10-22(35-21)25(33)30-12-11-23(31)32)34-19-13-15(2)24(16(3)14-19)17-5-7-18(8-6-17)26(27,28)29/h5-10,13-14,20H,4,11-12H2,1-3H3,(H,30,33)(H,31,32)/t20-/m1/s1. The molecule has 0 unspecified atom stereocenters. The number of carbonyl (C=O) groups is 2. The molecular weight excluding hydrogens is 495 g/mol. The van der Waals surface area contributed by atoms with Crippen molar-refractivity contribution in [3.05, 3.63) is 75.0 Å². The van der Waals surface area contributed by atoms with Crippen molar-refractivity contribution in [1.82, 2.24) is 5.32 Å². The summed E-state index contributed by atoms with van der Waals surface area (Å²) in [7, 11) is 0. The van der Waals surface area contributed by atoms with E-state index in [1.54, 1.807) is 17.8 Å². The Balaban J connectivity index is 1.76. The highest BCUT2D eigenvalue weighted by Crippen LogP contribution is 2.43. The number of carboxylic acids is 1. The van der Waals surface area contributed by atoms with E-state index in [0.29, 0.717) is 4.88 Å². The van der Waals surface area contributed by atoms with Crippen molar-refractivity contribution in [3.63, 3.8) is 0 Å². The van der Waals surface area contributed by atoms with Gasteiger partial charge in [-0.1, -0.05) is 19.1 Å². The minimum Gasteiger partial charge on any atom is -0.481 e. The van der Waals surface area contributed by atoms with Crippen LogP contribution in [0.4, 0.5) is 13.2 Å². The minimum atomic E-state index is -4.36. The van der Waals surface area contributed by atoms with E-state index in [9.17, 15) is 22.8 Å². The van der Waals surface area contributed by atoms with Gasteiger partial charge in [0.2, 0.25) is 0 Å². The van der Waals surface area contributed by atoms with Gasteiger partial charge in [0.15, 0.2) is 0 Å². The lowest BCUT2D eigenvalue weighted by Crippen LogP contribution is -2.25. The molecule has 0 aliphatic carbocycles. The Bertz CT molecular complexity index is 1180. The van der Waals surface area contributed by atoms with Crippen LogP contribution < -0.4 is 5.32 Å². The molecule has 2 aromatic carbocycles. The number of hydrogen-bond donors (Lipinski definition) is 2. The third kappa shape index (κ3) is 6.89. The molecule has 0 saturated heterocycles. The second-order valence-corrected chi connectivity index (χ2v) is 10.5. The molecule has 1 atom stereocenters. The summed E-state index contributed by atoms with van der Waals surface area (Å²) in [6.07, 6.45) is -3.65. The number of carboxylic acid groups (broad SMARTS) is 1. The fourth-order valence-corrected chi connectivity index (χ4v) is 6.26. The zero-order chi connectivity index (χ0) is 25.8. The Labute approximate surface area is 210 Å². The average molecular weight is 522 g/mol. The molecule has 0 radical (unpaired) electrons. The molecular formula is C26H26F3NO3S2. The van der Waals surface area contributed by atoms with Gasteiger partial charge in [0.25, 0.3) is 5.91 Å². The summed E-state index contributed by atoms with van der Waals surface area (Å²) in [5.41, 5.74) is 2.96. The topological polar surface area (TPSA) is 66.4 Å². The summed E-state index contributed by atoms with van der Waals surface area (Å²) < 4.78 is 38.7. The molecule has 1 amide bonds. The van der Waals surface area contributed by atoms with Gasteiger partial charge in [-0.25, -0.2) is 0 Å². The van der Waals surface area contributed by atoms with E-state index in [1.807, 2.05) is 32.0 Å². The van der Waals surface area contributed by atoms with Crippen LogP contribution in [-0.4, -0.2) is 23.5 Å². The molecule has 9 heteroatoms. The lowest BCUT2D eigenvalue weighted by Gasteiger charge is -2.17. The smallest absolute Gasteiger partial charge is 0.416 e. The van der Waals surface area contributed by atoms with Gasteiger partial charge in [-0.15, -0.1) is 23.1 Å². The minimum absolute atomic E-state index is 0.0805. The number of thiophene rings is 1. The Morgan fingerprint density at radius 3 is 2.23 bits per heavy atom. The summed E-state index contributed by atoms with van der Waals surface area (Å²) in [6, 6.07) is 13.0. The number of halogens is 3. The van der Waals surface area contributed by atoms with E-state index in [4.69, 9.17) is 5.11 Å². The van der Waals surface area contributed by atoms with Crippen LogP contribution in [0.2, 0.25) is 0 Å². The van der Waals surface area contributed by atoms with Crippen LogP contribution in [0, 0.1) is 13.8 Å². The lowest BCUT2D eigenvalue weighted by atomic mass is 9.95. The third-order valence-corrected chi connectivity index (χ3v) is 8.18. The molecule has 3 rings (SSSR count). The molecule has 0 saturated carbocycles. The van der Waals surface area contributed by atoms with Crippen molar-refractivity contribution in [2.24, 2.45) is 0 Å². The maximum atomic E-state index is 12.9. The predicted octanol–water partition coefficient (Wildman–Crippen LogP) is 7.50. The van der Waals surface area contributed by atoms with Crippen LogP contribution in [0.15, 0.2) is 53.4 Å². The van der Waals surface area contributed by atoms with Crippen molar-refractivity contribution in [1.29, 1.82) is 0 Å². The van der Waals surface area contributed by atoms with Crippen molar-refractivity contribution >= 4 is 35.0 Å².